The van der Waals surface area contributed by atoms with E-state index in [0.29, 0.717) is 0 Å². The van der Waals surface area contributed by atoms with Gasteiger partial charge in [-0.3, -0.25) is 14.4 Å². The van der Waals surface area contributed by atoms with Gasteiger partial charge in [0.05, 0.1) is 0 Å². The van der Waals surface area contributed by atoms with Crippen LogP contribution in [-0.2, 0) is 35.2 Å². The lowest BCUT2D eigenvalue weighted by Gasteiger charge is -2.31. The van der Waals surface area contributed by atoms with Crippen molar-refractivity contribution in [1.29, 1.82) is 0 Å². The van der Waals surface area contributed by atoms with E-state index >= 15 is 0 Å². The summed E-state index contributed by atoms with van der Waals surface area (Å²) in [6.07, 6.45) is 0. The van der Waals surface area contributed by atoms with Crippen LogP contribution in [-0.4, -0.2) is 23.7 Å². The molecule has 0 aliphatic carbocycles. The number of rotatable bonds is 3. The number of carbonyl (C=O) groups is 3. The summed E-state index contributed by atoms with van der Waals surface area (Å²) in [5, 5.41) is 0. The van der Waals surface area contributed by atoms with E-state index < -0.39 is 29.6 Å². The normalized spacial score (nSPS) is 18.1. The molecular weight excluding hydrogens is 264 g/mol. The van der Waals surface area contributed by atoms with Gasteiger partial charge in [0.1, 0.15) is 6.61 Å². The van der Waals surface area contributed by atoms with Crippen molar-refractivity contribution in [2.45, 2.75) is 26.2 Å². The second-order valence-corrected chi connectivity index (χ2v) is 4.77. The predicted molar refractivity (Wildman–Crippen MR) is 66.0 cm³/mol. The van der Waals surface area contributed by atoms with Crippen molar-refractivity contribution < 1.29 is 28.6 Å². The molecule has 1 saturated heterocycles. The van der Waals surface area contributed by atoms with Crippen molar-refractivity contribution in [3.63, 3.8) is 0 Å². The molecule has 0 atom stereocenters. The molecule has 0 radical (unpaired) electrons. The Kier molecular flexibility index (Phi) is 3.74. The molecule has 1 fully saturated rings. The van der Waals surface area contributed by atoms with Crippen molar-refractivity contribution in [3.05, 3.63) is 35.9 Å². The summed E-state index contributed by atoms with van der Waals surface area (Å²) in [5.74, 6) is -5.91. The van der Waals surface area contributed by atoms with E-state index in [4.69, 9.17) is 14.2 Å². The van der Waals surface area contributed by atoms with Crippen molar-refractivity contribution in [2.75, 3.05) is 0 Å². The number of esters is 3. The first-order valence-corrected chi connectivity index (χ1v) is 6.05. The molecule has 1 aromatic rings. The topological polar surface area (TPSA) is 78.9 Å². The molecule has 2 rings (SSSR count). The zero-order chi connectivity index (χ0) is 14.8. The van der Waals surface area contributed by atoms with Gasteiger partial charge in [-0.05, 0) is 5.56 Å². The highest BCUT2D eigenvalue weighted by molar-refractivity contribution is 6.13. The molecule has 0 amide bonds. The minimum absolute atomic E-state index is 0.0277. The standard InChI is InChI=1S/C14H14O6/c1-14(2)19-12(16)10(13(17)20-14)11(15)18-8-9-6-4-3-5-7-9/h3-7,10H,8H2,1-2H3. The van der Waals surface area contributed by atoms with Crippen LogP contribution in [0.1, 0.15) is 19.4 Å². The van der Waals surface area contributed by atoms with Gasteiger partial charge in [-0.15, -0.1) is 0 Å². The SMILES string of the molecule is CC1(C)OC(=O)C(C(=O)OCc2ccccc2)C(=O)O1. The second-order valence-electron chi connectivity index (χ2n) is 4.77. The number of carbonyl (C=O) groups excluding carboxylic acids is 3. The first kappa shape index (κ1) is 14.0. The summed E-state index contributed by atoms with van der Waals surface area (Å²) in [5.41, 5.74) is 0.749. The third-order valence-corrected chi connectivity index (χ3v) is 2.62. The van der Waals surface area contributed by atoms with E-state index in [1.807, 2.05) is 6.07 Å². The fourth-order valence-corrected chi connectivity index (χ4v) is 1.72. The van der Waals surface area contributed by atoms with Crippen LogP contribution in [0.2, 0.25) is 0 Å². The maximum Gasteiger partial charge on any atom is 0.335 e. The number of hydrogen-bond acceptors (Lipinski definition) is 6. The summed E-state index contributed by atoms with van der Waals surface area (Å²) in [6, 6.07) is 8.91. The number of cyclic esters (lactones) is 2. The molecule has 0 N–H and O–H groups in total. The number of hydrogen-bond donors (Lipinski definition) is 0. The van der Waals surface area contributed by atoms with Gasteiger partial charge in [0.2, 0.25) is 0 Å². The average molecular weight is 278 g/mol. The van der Waals surface area contributed by atoms with Crippen molar-refractivity contribution in [2.24, 2.45) is 5.92 Å². The van der Waals surface area contributed by atoms with Gasteiger partial charge in [0.15, 0.2) is 0 Å². The third kappa shape index (κ3) is 3.14. The number of benzene rings is 1. The Morgan fingerprint density at radius 2 is 1.70 bits per heavy atom. The summed E-state index contributed by atoms with van der Waals surface area (Å²) < 4.78 is 14.6. The molecule has 1 heterocycles. The summed E-state index contributed by atoms with van der Waals surface area (Å²) in [6.45, 7) is 2.79. The maximum absolute atomic E-state index is 11.8. The van der Waals surface area contributed by atoms with Gasteiger partial charge in [0.25, 0.3) is 11.7 Å². The van der Waals surface area contributed by atoms with Crippen LogP contribution in [0.3, 0.4) is 0 Å². The highest BCUT2D eigenvalue weighted by Crippen LogP contribution is 2.24. The molecule has 6 heteroatoms. The fourth-order valence-electron chi connectivity index (χ4n) is 1.72. The number of ether oxygens (including phenoxy) is 3. The quantitative estimate of drug-likeness (QED) is 0.610. The summed E-state index contributed by atoms with van der Waals surface area (Å²) in [7, 11) is 0. The molecule has 1 aliphatic rings. The lowest BCUT2D eigenvalue weighted by Crippen LogP contribution is -2.49. The molecule has 1 aromatic carbocycles. The van der Waals surface area contributed by atoms with Crippen LogP contribution >= 0.6 is 0 Å². The molecule has 20 heavy (non-hydrogen) atoms. The lowest BCUT2D eigenvalue weighted by atomic mass is 10.1. The Bertz CT molecular complexity index is 514. The van der Waals surface area contributed by atoms with E-state index in [1.54, 1.807) is 24.3 Å². The zero-order valence-corrected chi connectivity index (χ0v) is 11.1. The maximum atomic E-state index is 11.8. The Hall–Kier alpha value is -2.37. The van der Waals surface area contributed by atoms with Crippen molar-refractivity contribution in [1.82, 2.24) is 0 Å². The second kappa shape index (κ2) is 5.32. The molecule has 0 saturated carbocycles. The third-order valence-electron chi connectivity index (χ3n) is 2.62. The van der Waals surface area contributed by atoms with Crippen molar-refractivity contribution in [3.8, 4) is 0 Å². The van der Waals surface area contributed by atoms with Crippen LogP contribution in [0, 0.1) is 5.92 Å². The van der Waals surface area contributed by atoms with E-state index in [0.717, 1.165) is 5.56 Å². The van der Waals surface area contributed by atoms with Gasteiger partial charge in [0, 0.05) is 13.8 Å². The Morgan fingerprint density at radius 1 is 1.15 bits per heavy atom. The Balaban J connectivity index is 1.99. The Morgan fingerprint density at radius 3 is 2.25 bits per heavy atom. The van der Waals surface area contributed by atoms with Gasteiger partial charge < -0.3 is 14.2 Å². The highest BCUT2D eigenvalue weighted by Gasteiger charge is 2.48. The molecule has 0 bridgehead atoms. The average Bonchev–Trinajstić information content (AvgIpc) is 2.35. The van der Waals surface area contributed by atoms with Gasteiger partial charge in [-0.2, -0.15) is 0 Å². The van der Waals surface area contributed by atoms with Gasteiger partial charge >= 0.3 is 17.9 Å². The lowest BCUT2D eigenvalue weighted by molar-refractivity contribution is -0.240. The molecule has 1 aliphatic heterocycles. The molecule has 0 aromatic heterocycles. The van der Waals surface area contributed by atoms with E-state index in [-0.39, 0.29) is 6.61 Å². The molecule has 6 nitrogen and oxygen atoms in total. The van der Waals surface area contributed by atoms with Crippen LogP contribution in [0.25, 0.3) is 0 Å². The Labute approximate surface area is 115 Å². The van der Waals surface area contributed by atoms with Crippen molar-refractivity contribution >= 4 is 17.9 Å². The molecule has 0 spiro atoms. The van der Waals surface area contributed by atoms with Gasteiger partial charge in [-0.25, -0.2) is 0 Å². The summed E-state index contributed by atoms with van der Waals surface area (Å²) >= 11 is 0. The van der Waals surface area contributed by atoms with Crippen LogP contribution < -0.4 is 0 Å². The van der Waals surface area contributed by atoms with Crippen LogP contribution in [0.5, 0.6) is 0 Å². The zero-order valence-electron chi connectivity index (χ0n) is 11.1. The minimum atomic E-state index is -1.67. The minimum Gasteiger partial charge on any atom is -0.460 e. The smallest absolute Gasteiger partial charge is 0.335 e. The highest BCUT2D eigenvalue weighted by atomic mass is 16.7. The monoisotopic (exact) mass is 278 g/mol. The molecule has 106 valence electrons. The van der Waals surface area contributed by atoms with Crippen LogP contribution in [0.15, 0.2) is 30.3 Å². The fraction of sp³-hybridized carbons (Fsp3) is 0.357. The van der Waals surface area contributed by atoms with E-state index in [1.165, 1.54) is 13.8 Å². The van der Waals surface area contributed by atoms with E-state index in [2.05, 4.69) is 0 Å². The predicted octanol–water partition coefficient (Wildman–Crippen LogP) is 1.18. The molecule has 0 unspecified atom stereocenters. The molecular formula is C14H14O6. The van der Waals surface area contributed by atoms with E-state index in [9.17, 15) is 14.4 Å². The largest absolute Gasteiger partial charge is 0.460 e. The van der Waals surface area contributed by atoms with Crippen LogP contribution in [0.4, 0.5) is 0 Å². The van der Waals surface area contributed by atoms with Gasteiger partial charge in [-0.1, -0.05) is 30.3 Å². The summed E-state index contributed by atoms with van der Waals surface area (Å²) in [4.78, 5) is 35.1. The first-order valence-electron chi connectivity index (χ1n) is 6.05. The first-order chi connectivity index (χ1) is 9.39.